The van der Waals surface area contributed by atoms with Crippen LogP contribution in [0.1, 0.15) is 41.3 Å². The van der Waals surface area contributed by atoms with Crippen molar-refractivity contribution in [3.8, 4) is 5.88 Å². The number of aromatic nitrogens is 1. The third-order valence-corrected chi connectivity index (χ3v) is 4.75. The molecule has 1 amide bonds. The molecule has 0 unspecified atom stereocenters. The molecule has 8 nitrogen and oxygen atoms in total. The zero-order chi connectivity index (χ0) is 26.3. The summed E-state index contributed by atoms with van der Waals surface area (Å²) in [4.78, 5) is 30.2. The molecule has 3 aromatic rings. The van der Waals surface area contributed by atoms with Gasteiger partial charge in [-0.25, -0.2) is 4.79 Å². The van der Waals surface area contributed by atoms with Gasteiger partial charge < -0.3 is 25.8 Å². The lowest BCUT2D eigenvalue weighted by Crippen LogP contribution is -2.21. The van der Waals surface area contributed by atoms with Crippen molar-refractivity contribution >= 4 is 34.2 Å². The molecule has 188 valence electrons. The molecule has 1 aromatic heterocycles. The zero-order valence-electron chi connectivity index (χ0n) is 19.5. The molecule has 0 saturated carbocycles. The van der Waals surface area contributed by atoms with Gasteiger partial charge in [0, 0.05) is 23.0 Å². The third-order valence-electron chi connectivity index (χ3n) is 4.75. The van der Waals surface area contributed by atoms with E-state index in [4.69, 9.17) is 20.6 Å². The summed E-state index contributed by atoms with van der Waals surface area (Å²) >= 11 is 0. The van der Waals surface area contributed by atoms with Crippen molar-refractivity contribution in [3.63, 3.8) is 0 Å². The van der Waals surface area contributed by atoms with Crippen molar-refractivity contribution in [2.45, 2.75) is 32.5 Å². The number of hydrogen-bond donors (Lipinski definition) is 4. The number of hydrogen-bond acceptors (Lipinski definition) is 5. The number of nitrogens with zero attached hydrogens (tertiary/aromatic N) is 2. The number of nitrogens with two attached hydrogens (primary N) is 1. The lowest BCUT2D eigenvalue weighted by molar-refractivity contribution is -0.192. The van der Waals surface area contributed by atoms with Crippen LogP contribution < -0.4 is 5.73 Å². The van der Waals surface area contributed by atoms with Gasteiger partial charge in [-0.05, 0) is 50.3 Å². The number of benzene rings is 2. The summed E-state index contributed by atoms with van der Waals surface area (Å²) in [7, 11) is 4.06. The third kappa shape index (κ3) is 7.57. The van der Waals surface area contributed by atoms with E-state index in [9.17, 15) is 23.1 Å². The molecule has 0 atom stereocenters. The van der Waals surface area contributed by atoms with E-state index in [0.717, 1.165) is 36.2 Å². The van der Waals surface area contributed by atoms with Crippen molar-refractivity contribution in [2.24, 2.45) is 10.7 Å². The molecule has 35 heavy (non-hydrogen) atoms. The molecule has 0 spiro atoms. The maximum absolute atomic E-state index is 11.4. The number of H-pyrrole nitrogens is 1. The number of aromatic hydroxyl groups is 1. The molecule has 0 aliphatic heterocycles. The fourth-order valence-electron chi connectivity index (χ4n) is 3.35. The molecule has 0 aliphatic carbocycles. The van der Waals surface area contributed by atoms with Crippen molar-refractivity contribution in [1.29, 1.82) is 0 Å². The number of fused-ring (bicyclic) bond motifs is 1. The van der Waals surface area contributed by atoms with Crippen LogP contribution in [0.5, 0.6) is 5.88 Å². The van der Waals surface area contributed by atoms with Gasteiger partial charge in [0.05, 0.1) is 17.0 Å². The number of rotatable bonds is 7. The van der Waals surface area contributed by atoms with Gasteiger partial charge >= 0.3 is 12.1 Å². The van der Waals surface area contributed by atoms with Crippen LogP contribution in [-0.4, -0.2) is 58.0 Å². The summed E-state index contributed by atoms with van der Waals surface area (Å²) in [6.45, 7) is 2.91. The van der Waals surface area contributed by atoms with Gasteiger partial charge in [0.2, 0.25) is 5.91 Å². The highest BCUT2D eigenvalue weighted by Crippen LogP contribution is 2.31. The van der Waals surface area contributed by atoms with E-state index in [2.05, 4.69) is 28.9 Å². The first kappa shape index (κ1) is 27.4. The van der Waals surface area contributed by atoms with E-state index in [1.165, 1.54) is 5.56 Å². The second-order valence-electron chi connectivity index (χ2n) is 7.99. The maximum Gasteiger partial charge on any atom is 0.490 e. The van der Waals surface area contributed by atoms with Crippen LogP contribution >= 0.6 is 0 Å². The Kier molecular flexibility index (Phi) is 9.01. The monoisotopic (exact) mass is 492 g/mol. The van der Waals surface area contributed by atoms with Gasteiger partial charge in [-0.2, -0.15) is 13.2 Å². The predicted octanol–water partition coefficient (Wildman–Crippen LogP) is 4.59. The van der Waals surface area contributed by atoms with Gasteiger partial charge in [0.15, 0.2) is 5.88 Å². The number of aliphatic imine (C=N–C) groups is 1. The number of aliphatic carboxylic acids is 1. The number of carboxylic acid groups (broad SMARTS) is 1. The number of nitrogens with one attached hydrogen (secondary N) is 1. The fraction of sp³-hybridized carbons (Fsp3) is 0.292. The molecule has 3 rings (SSSR count). The van der Waals surface area contributed by atoms with Crippen LogP contribution in [0.25, 0.3) is 10.9 Å². The van der Waals surface area contributed by atoms with E-state index >= 15 is 0 Å². The minimum atomic E-state index is -5.08. The fourth-order valence-corrected chi connectivity index (χ4v) is 3.35. The largest absolute Gasteiger partial charge is 0.494 e. The summed E-state index contributed by atoms with van der Waals surface area (Å²) in [6, 6.07) is 13.2. The molecule has 0 aliphatic rings. The molecule has 0 fully saturated rings. The first-order valence-electron chi connectivity index (χ1n) is 10.6. The van der Waals surface area contributed by atoms with Crippen LogP contribution in [0.3, 0.4) is 0 Å². The van der Waals surface area contributed by atoms with Gasteiger partial charge in [-0.15, -0.1) is 0 Å². The highest BCUT2D eigenvalue weighted by atomic mass is 19.4. The Morgan fingerprint density at radius 1 is 1.14 bits per heavy atom. The molecule has 0 saturated heterocycles. The first-order valence-corrected chi connectivity index (χ1v) is 10.6. The average Bonchev–Trinajstić information content (AvgIpc) is 3.07. The Hall–Kier alpha value is -3.86. The second-order valence-corrected chi connectivity index (χ2v) is 7.99. The predicted molar refractivity (Wildman–Crippen MR) is 127 cm³/mol. The van der Waals surface area contributed by atoms with Crippen LogP contribution in [0.2, 0.25) is 0 Å². The molecular weight excluding hydrogens is 465 g/mol. The van der Waals surface area contributed by atoms with Crippen molar-refractivity contribution in [3.05, 3.63) is 59.2 Å². The lowest BCUT2D eigenvalue weighted by atomic mass is 10.0. The maximum atomic E-state index is 11.4. The summed E-state index contributed by atoms with van der Waals surface area (Å²) < 4.78 is 31.7. The van der Waals surface area contributed by atoms with Gasteiger partial charge in [-0.3, -0.25) is 9.79 Å². The number of carbonyl (C=O) groups excluding carboxylic acids is 1. The van der Waals surface area contributed by atoms with Gasteiger partial charge in [-0.1, -0.05) is 31.5 Å². The number of alkyl halides is 3. The number of primary amides is 1. The quantitative estimate of drug-likeness (QED) is 0.358. The summed E-state index contributed by atoms with van der Waals surface area (Å²) in [5, 5.41) is 18.5. The Morgan fingerprint density at radius 2 is 1.80 bits per heavy atom. The summed E-state index contributed by atoms with van der Waals surface area (Å²) in [5.41, 5.74) is 9.93. The lowest BCUT2D eigenvalue weighted by Gasteiger charge is -2.10. The summed E-state index contributed by atoms with van der Waals surface area (Å²) in [6.07, 6.45) is -3.47. The molecule has 1 heterocycles. The molecule has 0 radical (unpaired) electrons. The minimum absolute atomic E-state index is 0.0493. The van der Waals surface area contributed by atoms with Crippen LogP contribution in [0, 0.1) is 0 Å². The minimum Gasteiger partial charge on any atom is -0.494 e. The van der Waals surface area contributed by atoms with Crippen LogP contribution in [0.15, 0.2) is 47.5 Å². The first-order chi connectivity index (χ1) is 16.3. The normalized spacial score (nSPS) is 11.9. The van der Waals surface area contributed by atoms with Gasteiger partial charge in [0.1, 0.15) is 0 Å². The highest BCUT2D eigenvalue weighted by molar-refractivity contribution is 6.14. The van der Waals surface area contributed by atoms with E-state index in [0.29, 0.717) is 16.6 Å². The summed E-state index contributed by atoms with van der Waals surface area (Å²) in [5.74, 6) is -3.21. The zero-order valence-corrected chi connectivity index (χ0v) is 19.5. The average molecular weight is 492 g/mol. The SMILES string of the molecule is CCCC(=Nc1cccc(CN(C)C)c1)c1c(O)[nH]c2cc(C(N)=O)ccc12.O=C(O)C(F)(F)F. The van der Waals surface area contributed by atoms with Crippen molar-refractivity contribution < 1.29 is 33.0 Å². The molecule has 0 bridgehead atoms. The molecular formula is C24H27F3N4O4. The number of aromatic amines is 1. The second kappa shape index (κ2) is 11.5. The van der Waals surface area contributed by atoms with E-state index < -0.39 is 18.1 Å². The van der Waals surface area contributed by atoms with Crippen molar-refractivity contribution in [2.75, 3.05) is 14.1 Å². The molecule has 5 N–H and O–H groups in total. The Balaban J connectivity index is 0.000000540. The van der Waals surface area contributed by atoms with Gasteiger partial charge in [0.25, 0.3) is 0 Å². The Bertz CT molecular complexity index is 1230. The van der Waals surface area contributed by atoms with E-state index in [1.807, 2.05) is 26.2 Å². The number of halogens is 3. The molecule has 11 heteroatoms. The number of carbonyl (C=O) groups is 2. The van der Waals surface area contributed by atoms with E-state index in [-0.39, 0.29) is 5.88 Å². The topological polar surface area (TPSA) is 132 Å². The Morgan fingerprint density at radius 3 is 2.34 bits per heavy atom. The van der Waals surface area contributed by atoms with E-state index in [1.54, 1.807) is 18.2 Å². The van der Waals surface area contributed by atoms with Crippen molar-refractivity contribution in [1.82, 2.24) is 9.88 Å². The number of amides is 1. The number of carboxylic acids is 1. The molecule has 2 aromatic carbocycles. The Labute approximate surface area is 199 Å². The standard InChI is InChI=1S/C22H26N4O2.C2HF3O2/c1-4-6-18(24-16-8-5-7-14(11-16)13-26(2)3)20-17-10-9-15(21(23)27)12-19(17)25-22(20)28;3-2(4,5)1(6)7/h5,7-12,25,28H,4,6,13H2,1-3H3,(H2,23,27);(H,6,7). The smallest absolute Gasteiger partial charge is 0.490 e. The van der Waals surface area contributed by atoms with Crippen LogP contribution in [0.4, 0.5) is 18.9 Å². The highest BCUT2D eigenvalue weighted by Gasteiger charge is 2.38. The van der Waals surface area contributed by atoms with Crippen LogP contribution in [-0.2, 0) is 11.3 Å².